The molecule has 1 fully saturated rings. The average molecular weight is 473 g/mol. The second kappa shape index (κ2) is 10.0. The SMILES string of the molecule is Cc1cc(/C(O)=C2/C(=O)C(=O)N(Cc3cccnc3)C2c2cccc(O)c2)ccc1OCC(C)C. The number of phenolic OH excluding ortho intramolecular Hbond substituents is 1. The molecule has 2 N–H and O–H groups in total. The molecule has 1 amide bonds. The van der Waals surface area contributed by atoms with Crippen LogP contribution in [0.1, 0.15) is 42.1 Å². The molecule has 0 bridgehead atoms. The molecule has 2 aromatic carbocycles. The number of aliphatic hydroxyl groups excluding tert-OH is 1. The van der Waals surface area contributed by atoms with Crippen molar-refractivity contribution >= 4 is 17.4 Å². The molecule has 1 saturated heterocycles. The summed E-state index contributed by atoms with van der Waals surface area (Å²) >= 11 is 0. The van der Waals surface area contributed by atoms with Crippen molar-refractivity contribution in [3.05, 3.63) is 94.8 Å². The molecule has 180 valence electrons. The van der Waals surface area contributed by atoms with Gasteiger partial charge in [0.05, 0.1) is 18.2 Å². The minimum absolute atomic E-state index is 0.00281. The van der Waals surface area contributed by atoms with E-state index in [0.717, 1.165) is 11.1 Å². The van der Waals surface area contributed by atoms with Gasteiger partial charge in [-0.1, -0.05) is 32.0 Å². The van der Waals surface area contributed by atoms with E-state index in [1.54, 1.807) is 48.8 Å². The Hall–Kier alpha value is -4.13. The largest absolute Gasteiger partial charge is 0.508 e. The highest BCUT2D eigenvalue weighted by atomic mass is 16.5. The molecule has 1 aliphatic rings. The lowest BCUT2D eigenvalue weighted by Gasteiger charge is -2.25. The lowest BCUT2D eigenvalue weighted by Crippen LogP contribution is -2.29. The number of ether oxygens (including phenoxy) is 1. The van der Waals surface area contributed by atoms with Crippen molar-refractivity contribution in [3.63, 3.8) is 0 Å². The summed E-state index contributed by atoms with van der Waals surface area (Å²) in [4.78, 5) is 31.8. The Morgan fingerprint density at radius 1 is 1.11 bits per heavy atom. The second-order valence-corrected chi connectivity index (χ2v) is 9.07. The zero-order valence-corrected chi connectivity index (χ0v) is 19.9. The van der Waals surface area contributed by atoms with Gasteiger partial charge < -0.3 is 19.8 Å². The lowest BCUT2D eigenvalue weighted by atomic mass is 9.94. The number of amides is 1. The van der Waals surface area contributed by atoms with Crippen LogP contribution in [-0.2, 0) is 16.1 Å². The number of aromatic hydroxyl groups is 1. The monoisotopic (exact) mass is 472 g/mol. The molecular weight excluding hydrogens is 444 g/mol. The van der Waals surface area contributed by atoms with Crippen molar-refractivity contribution in [2.24, 2.45) is 5.92 Å². The van der Waals surface area contributed by atoms with Crippen LogP contribution in [0.2, 0.25) is 0 Å². The Bertz CT molecular complexity index is 1280. The van der Waals surface area contributed by atoms with Gasteiger partial charge in [0, 0.05) is 24.5 Å². The van der Waals surface area contributed by atoms with Crippen LogP contribution >= 0.6 is 0 Å². The number of carbonyl (C=O) groups is 2. The first-order valence-corrected chi connectivity index (χ1v) is 11.5. The van der Waals surface area contributed by atoms with Crippen molar-refractivity contribution in [1.82, 2.24) is 9.88 Å². The van der Waals surface area contributed by atoms with E-state index < -0.39 is 17.7 Å². The molecule has 1 aliphatic heterocycles. The highest BCUT2D eigenvalue weighted by Gasteiger charge is 2.46. The molecule has 1 aromatic heterocycles. The summed E-state index contributed by atoms with van der Waals surface area (Å²) in [5.41, 5.74) is 2.43. The number of pyridine rings is 1. The Kier molecular flexibility index (Phi) is 6.87. The standard InChI is InChI=1S/C28H28N2O5/c1-17(2)16-35-23-10-9-21(12-18(23)3)26(32)24-25(20-7-4-8-22(31)13-20)30(28(34)27(24)33)15-19-6-5-11-29-14-19/h4-14,17,25,31-32H,15-16H2,1-3H3/b26-24-. The van der Waals surface area contributed by atoms with Crippen LogP contribution < -0.4 is 4.74 Å². The third kappa shape index (κ3) is 5.04. The maximum atomic E-state index is 13.2. The lowest BCUT2D eigenvalue weighted by molar-refractivity contribution is -0.140. The molecule has 2 heterocycles. The molecule has 7 nitrogen and oxygen atoms in total. The zero-order valence-electron chi connectivity index (χ0n) is 19.9. The first kappa shape index (κ1) is 24.0. The van der Waals surface area contributed by atoms with E-state index >= 15 is 0 Å². The predicted molar refractivity (Wildman–Crippen MR) is 132 cm³/mol. The number of aromatic nitrogens is 1. The maximum Gasteiger partial charge on any atom is 0.295 e. The van der Waals surface area contributed by atoms with Gasteiger partial charge in [0.25, 0.3) is 11.7 Å². The molecule has 1 unspecified atom stereocenters. The smallest absolute Gasteiger partial charge is 0.295 e. The van der Waals surface area contributed by atoms with E-state index in [0.29, 0.717) is 29.4 Å². The molecule has 3 aromatic rings. The fourth-order valence-corrected chi connectivity index (χ4v) is 4.14. The van der Waals surface area contributed by atoms with E-state index in [-0.39, 0.29) is 23.6 Å². The molecule has 7 heteroatoms. The second-order valence-electron chi connectivity index (χ2n) is 9.07. The van der Waals surface area contributed by atoms with Gasteiger partial charge >= 0.3 is 0 Å². The fourth-order valence-electron chi connectivity index (χ4n) is 4.14. The summed E-state index contributed by atoms with van der Waals surface area (Å²) < 4.78 is 5.82. The number of ketones is 1. The van der Waals surface area contributed by atoms with E-state index in [1.165, 1.54) is 17.0 Å². The Morgan fingerprint density at radius 2 is 1.91 bits per heavy atom. The summed E-state index contributed by atoms with van der Waals surface area (Å²) in [6.45, 7) is 6.66. The van der Waals surface area contributed by atoms with Crippen LogP contribution in [0.15, 0.2) is 72.6 Å². The van der Waals surface area contributed by atoms with E-state index in [4.69, 9.17) is 4.74 Å². The summed E-state index contributed by atoms with van der Waals surface area (Å²) in [6.07, 6.45) is 3.25. The molecule has 0 saturated carbocycles. The van der Waals surface area contributed by atoms with Gasteiger partial charge in [-0.25, -0.2) is 0 Å². The molecule has 0 radical (unpaired) electrons. The Labute approximate surface area is 204 Å². The van der Waals surface area contributed by atoms with Crippen LogP contribution in [0.25, 0.3) is 5.76 Å². The van der Waals surface area contributed by atoms with Gasteiger partial charge in [-0.3, -0.25) is 14.6 Å². The molecule has 35 heavy (non-hydrogen) atoms. The first-order chi connectivity index (χ1) is 16.8. The summed E-state index contributed by atoms with van der Waals surface area (Å²) in [5, 5.41) is 21.4. The predicted octanol–water partition coefficient (Wildman–Crippen LogP) is 4.75. The summed E-state index contributed by atoms with van der Waals surface area (Å²) in [5.74, 6) is -0.729. The van der Waals surface area contributed by atoms with Crippen molar-refractivity contribution < 1.29 is 24.5 Å². The van der Waals surface area contributed by atoms with Gasteiger partial charge in [-0.05, 0) is 65.9 Å². The van der Waals surface area contributed by atoms with Crippen LogP contribution in [-0.4, -0.2) is 38.4 Å². The number of benzene rings is 2. The third-order valence-electron chi connectivity index (χ3n) is 5.82. The number of aryl methyl sites for hydroxylation is 1. The molecule has 1 atom stereocenters. The maximum absolute atomic E-state index is 13.2. The minimum atomic E-state index is -0.875. The van der Waals surface area contributed by atoms with Gasteiger partial charge in [0.15, 0.2) is 0 Å². The van der Waals surface area contributed by atoms with Crippen molar-refractivity contribution in [2.75, 3.05) is 6.61 Å². The number of phenols is 1. The number of hydrogen-bond donors (Lipinski definition) is 2. The zero-order chi connectivity index (χ0) is 25.1. The average Bonchev–Trinajstić information content (AvgIpc) is 3.08. The number of hydrogen-bond acceptors (Lipinski definition) is 6. The number of rotatable bonds is 7. The van der Waals surface area contributed by atoms with Crippen LogP contribution in [0.4, 0.5) is 0 Å². The van der Waals surface area contributed by atoms with Gasteiger partial charge in [0.1, 0.15) is 17.3 Å². The van der Waals surface area contributed by atoms with Crippen LogP contribution in [0.5, 0.6) is 11.5 Å². The van der Waals surface area contributed by atoms with E-state index in [1.807, 2.05) is 13.0 Å². The Balaban J connectivity index is 1.79. The first-order valence-electron chi connectivity index (χ1n) is 11.5. The van der Waals surface area contributed by atoms with Gasteiger partial charge in [-0.15, -0.1) is 0 Å². The summed E-state index contributed by atoms with van der Waals surface area (Å²) in [7, 11) is 0. The highest BCUT2D eigenvalue weighted by Crippen LogP contribution is 2.41. The number of likely N-dealkylation sites (tertiary alicyclic amines) is 1. The quantitative estimate of drug-likeness (QED) is 0.292. The Morgan fingerprint density at radius 3 is 2.57 bits per heavy atom. The number of Topliss-reactive ketones (excluding diaryl/α,β-unsaturated/α-hetero) is 1. The normalized spacial score (nSPS) is 17.3. The molecule has 0 spiro atoms. The molecule has 4 rings (SSSR count). The van der Waals surface area contributed by atoms with Crippen molar-refractivity contribution in [2.45, 2.75) is 33.4 Å². The van der Waals surface area contributed by atoms with Crippen LogP contribution in [0.3, 0.4) is 0 Å². The topological polar surface area (TPSA) is 100.0 Å². The highest BCUT2D eigenvalue weighted by molar-refractivity contribution is 6.46. The fraction of sp³-hybridized carbons (Fsp3) is 0.250. The molecule has 0 aliphatic carbocycles. The van der Waals surface area contributed by atoms with Crippen LogP contribution in [0, 0.1) is 12.8 Å². The van der Waals surface area contributed by atoms with Crippen molar-refractivity contribution in [3.8, 4) is 11.5 Å². The van der Waals surface area contributed by atoms with E-state index in [2.05, 4.69) is 18.8 Å². The number of carbonyl (C=O) groups excluding carboxylic acids is 2. The van der Waals surface area contributed by atoms with Crippen molar-refractivity contribution in [1.29, 1.82) is 0 Å². The minimum Gasteiger partial charge on any atom is -0.508 e. The van der Waals surface area contributed by atoms with E-state index in [9.17, 15) is 19.8 Å². The van der Waals surface area contributed by atoms with Gasteiger partial charge in [0.2, 0.25) is 0 Å². The van der Waals surface area contributed by atoms with Gasteiger partial charge in [-0.2, -0.15) is 0 Å². The summed E-state index contributed by atoms with van der Waals surface area (Å²) in [6, 6.07) is 14.2. The molecular formula is C28H28N2O5. The number of nitrogens with zero attached hydrogens (tertiary/aromatic N) is 2. The number of aliphatic hydroxyl groups is 1. The third-order valence-corrected chi connectivity index (χ3v) is 5.82.